The van der Waals surface area contributed by atoms with E-state index in [0.29, 0.717) is 0 Å². The lowest BCUT2D eigenvalue weighted by atomic mass is 10.0. The lowest BCUT2D eigenvalue weighted by Crippen LogP contribution is -2.42. The third-order valence-electron chi connectivity index (χ3n) is 3.66. The summed E-state index contributed by atoms with van der Waals surface area (Å²) in [4.78, 5) is 14.1. The first-order chi connectivity index (χ1) is 7.89. The van der Waals surface area contributed by atoms with Gasteiger partial charge in [-0.1, -0.05) is 6.07 Å². The van der Waals surface area contributed by atoms with Crippen LogP contribution in [0, 0.1) is 0 Å². The van der Waals surface area contributed by atoms with Crippen molar-refractivity contribution in [1.82, 2.24) is 4.90 Å². The smallest absolute Gasteiger partial charge is 0.254 e. The number of benzene rings is 1. The highest BCUT2D eigenvalue weighted by atomic mass is 16.2. The Morgan fingerprint density at radius 2 is 1.82 bits per heavy atom. The van der Waals surface area contributed by atoms with Crippen molar-refractivity contribution in [2.45, 2.75) is 45.6 Å². The Morgan fingerprint density at radius 1 is 1.18 bits per heavy atom. The Balaban J connectivity index is 2.26. The van der Waals surface area contributed by atoms with Gasteiger partial charge in [0.2, 0.25) is 0 Å². The van der Waals surface area contributed by atoms with Crippen molar-refractivity contribution in [3.05, 3.63) is 34.9 Å². The number of carbonyl (C=O) groups is 1. The number of amides is 1. The van der Waals surface area contributed by atoms with E-state index in [1.807, 2.05) is 18.0 Å². The molecule has 92 valence electrons. The molecule has 0 bridgehead atoms. The minimum atomic E-state index is -0.129. The van der Waals surface area contributed by atoms with Gasteiger partial charge in [-0.25, -0.2) is 0 Å². The molecular weight excluding hydrogens is 210 g/mol. The minimum Gasteiger partial charge on any atom is -0.337 e. The molecule has 0 aromatic heterocycles. The fourth-order valence-corrected chi connectivity index (χ4v) is 2.20. The summed E-state index contributed by atoms with van der Waals surface area (Å²) in [5.74, 6) is 0.118. The van der Waals surface area contributed by atoms with Crippen LogP contribution in [0.15, 0.2) is 18.2 Å². The highest BCUT2D eigenvalue weighted by Crippen LogP contribution is 2.24. The average Bonchev–Trinajstić information content (AvgIpc) is 2.72. The van der Waals surface area contributed by atoms with Crippen LogP contribution in [-0.4, -0.2) is 23.4 Å². The Hall–Kier alpha value is -1.31. The topological polar surface area (TPSA) is 20.3 Å². The molecule has 0 heterocycles. The molecule has 0 N–H and O–H groups in total. The van der Waals surface area contributed by atoms with E-state index in [1.54, 1.807) is 0 Å². The van der Waals surface area contributed by atoms with Crippen LogP contribution in [0.25, 0.3) is 0 Å². The van der Waals surface area contributed by atoms with Gasteiger partial charge < -0.3 is 4.90 Å². The van der Waals surface area contributed by atoms with Gasteiger partial charge in [0.1, 0.15) is 0 Å². The van der Waals surface area contributed by atoms with E-state index in [-0.39, 0.29) is 11.4 Å². The first kappa shape index (κ1) is 12.2. The molecular formula is C15H21NO. The number of hydrogen-bond donors (Lipinski definition) is 0. The summed E-state index contributed by atoms with van der Waals surface area (Å²) in [7, 11) is 1.87. The summed E-state index contributed by atoms with van der Waals surface area (Å²) in [5, 5.41) is 0. The fourth-order valence-electron chi connectivity index (χ4n) is 2.20. The maximum Gasteiger partial charge on any atom is 0.254 e. The SMILES string of the molecule is CN(C(=O)c1ccc2c(c1)CCC2)C(C)(C)C. The number of aryl methyl sites for hydroxylation is 2. The van der Waals surface area contributed by atoms with Crippen LogP contribution >= 0.6 is 0 Å². The zero-order valence-corrected chi connectivity index (χ0v) is 11.2. The summed E-state index contributed by atoms with van der Waals surface area (Å²) < 4.78 is 0. The van der Waals surface area contributed by atoms with Gasteiger partial charge in [-0.15, -0.1) is 0 Å². The second kappa shape index (κ2) is 4.17. The lowest BCUT2D eigenvalue weighted by molar-refractivity contribution is 0.0655. The van der Waals surface area contributed by atoms with Crippen LogP contribution in [0.1, 0.15) is 48.7 Å². The third-order valence-corrected chi connectivity index (χ3v) is 3.66. The van der Waals surface area contributed by atoms with Crippen LogP contribution in [0.3, 0.4) is 0 Å². The quantitative estimate of drug-likeness (QED) is 0.727. The van der Waals surface area contributed by atoms with Crippen LogP contribution in [-0.2, 0) is 12.8 Å². The van der Waals surface area contributed by atoms with Crippen molar-refractivity contribution in [3.63, 3.8) is 0 Å². The van der Waals surface area contributed by atoms with Crippen LogP contribution in [0.4, 0.5) is 0 Å². The normalized spacial score (nSPS) is 14.6. The van der Waals surface area contributed by atoms with Gasteiger partial charge in [-0.3, -0.25) is 4.79 Å². The Morgan fingerprint density at radius 3 is 2.47 bits per heavy atom. The first-order valence-corrected chi connectivity index (χ1v) is 6.29. The summed E-state index contributed by atoms with van der Waals surface area (Å²) in [6, 6.07) is 6.16. The number of fused-ring (bicyclic) bond motifs is 1. The molecule has 2 nitrogen and oxygen atoms in total. The van der Waals surface area contributed by atoms with Gasteiger partial charge in [-0.05, 0) is 63.3 Å². The molecule has 1 aromatic carbocycles. The fraction of sp³-hybridized carbons (Fsp3) is 0.533. The zero-order valence-electron chi connectivity index (χ0n) is 11.2. The molecule has 2 rings (SSSR count). The lowest BCUT2D eigenvalue weighted by Gasteiger charge is -2.32. The molecule has 1 aliphatic rings. The summed E-state index contributed by atoms with van der Waals surface area (Å²) in [5.41, 5.74) is 3.47. The largest absolute Gasteiger partial charge is 0.337 e. The second-order valence-electron chi connectivity index (χ2n) is 5.87. The highest BCUT2D eigenvalue weighted by Gasteiger charge is 2.24. The van der Waals surface area contributed by atoms with Gasteiger partial charge in [0, 0.05) is 18.2 Å². The second-order valence-corrected chi connectivity index (χ2v) is 5.87. The molecule has 0 unspecified atom stereocenters. The van der Waals surface area contributed by atoms with E-state index >= 15 is 0 Å². The van der Waals surface area contributed by atoms with Crippen molar-refractivity contribution in [3.8, 4) is 0 Å². The number of nitrogens with zero attached hydrogens (tertiary/aromatic N) is 1. The summed E-state index contributed by atoms with van der Waals surface area (Å²) in [6.07, 6.45) is 3.51. The van der Waals surface area contributed by atoms with E-state index in [2.05, 4.69) is 32.9 Å². The average molecular weight is 231 g/mol. The molecule has 1 amide bonds. The number of rotatable bonds is 1. The first-order valence-electron chi connectivity index (χ1n) is 6.29. The molecule has 17 heavy (non-hydrogen) atoms. The molecule has 2 heteroatoms. The predicted octanol–water partition coefficient (Wildman–Crippen LogP) is 3.05. The van der Waals surface area contributed by atoms with Crippen molar-refractivity contribution in [2.75, 3.05) is 7.05 Å². The Labute approximate surface area is 104 Å². The van der Waals surface area contributed by atoms with Gasteiger partial charge in [0.15, 0.2) is 0 Å². The maximum absolute atomic E-state index is 12.3. The van der Waals surface area contributed by atoms with E-state index in [0.717, 1.165) is 12.0 Å². The van der Waals surface area contributed by atoms with E-state index in [9.17, 15) is 4.79 Å². The standard InChI is InChI=1S/C15H21NO/c1-15(2,3)16(4)14(17)13-9-8-11-6-5-7-12(11)10-13/h8-10H,5-7H2,1-4H3. The maximum atomic E-state index is 12.3. The number of hydrogen-bond acceptors (Lipinski definition) is 1. The monoisotopic (exact) mass is 231 g/mol. The molecule has 0 saturated heterocycles. The zero-order chi connectivity index (χ0) is 12.6. The summed E-state index contributed by atoms with van der Waals surface area (Å²) >= 11 is 0. The predicted molar refractivity (Wildman–Crippen MR) is 70.3 cm³/mol. The molecule has 0 aliphatic heterocycles. The van der Waals surface area contributed by atoms with Crippen LogP contribution < -0.4 is 0 Å². The van der Waals surface area contributed by atoms with Crippen molar-refractivity contribution < 1.29 is 4.79 Å². The van der Waals surface area contributed by atoms with Gasteiger partial charge in [0.25, 0.3) is 5.91 Å². The van der Waals surface area contributed by atoms with Crippen molar-refractivity contribution in [1.29, 1.82) is 0 Å². The molecule has 0 saturated carbocycles. The van der Waals surface area contributed by atoms with E-state index < -0.39 is 0 Å². The van der Waals surface area contributed by atoms with Gasteiger partial charge >= 0.3 is 0 Å². The van der Waals surface area contributed by atoms with Gasteiger partial charge in [-0.2, -0.15) is 0 Å². The van der Waals surface area contributed by atoms with Gasteiger partial charge in [0.05, 0.1) is 0 Å². The van der Waals surface area contributed by atoms with Crippen molar-refractivity contribution in [2.24, 2.45) is 0 Å². The molecule has 1 aliphatic carbocycles. The Bertz CT molecular complexity index is 443. The van der Waals surface area contributed by atoms with Crippen LogP contribution in [0.5, 0.6) is 0 Å². The molecule has 0 atom stereocenters. The minimum absolute atomic E-state index is 0.118. The van der Waals surface area contributed by atoms with E-state index in [4.69, 9.17) is 0 Å². The molecule has 1 aromatic rings. The third kappa shape index (κ3) is 2.36. The Kier molecular flexibility index (Phi) is 2.98. The van der Waals surface area contributed by atoms with E-state index in [1.165, 1.54) is 24.0 Å². The highest BCUT2D eigenvalue weighted by molar-refractivity contribution is 5.94. The van der Waals surface area contributed by atoms with Crippen LogP contribution in [0.2, 0.25) is 0 Å². The molecule has 0 radical (unpaired) electrons. The number of carbonyl (C=O) groups excluding carboxylic acids is 1. The van der Waals surface area contributed by atoms with Crippen molar-refractivity contribution >= 4 is 5.91 Å². The summed E-state index contributed by atoms with van der Waals surface area (Å²) in [6.45, 7) is 6.16. The molecule has 0 fully saturated rings. The molecule has 0 spiro atoms.